The van der Waals surface area contributed by atoms with Gasteiger partial charge in [0.05, 0.1) is 24.2 Å². The fraction of sp³-hybridized carbons (Fsp3) is 0.500. The Hall–Kier alpha value is -1.48. The smallest absolute Gasteiger partial charge is 0.323 e. The number of carboxylic acids is 1. The molecule has 122 valence electrons. The Balaban J connectivity index is 1.81. The highest BCUT2D eigenvalue weighted by molar-refractivity contribution is 7.86. The molecular formula is C14H19NO6S. The van der Waals surface area contributed by atoms with Crippen molar-refractivity contribution in [3.8, 4) is 0 Å². The van der Waals surface area contributed by atoms with Crippen LogP contribution >= 0.6 is 0 Å². The number of rotatable bonds is 7. The van der Waals surface area contributed by atoms with Gasteiger partial charge in [0.25, 0.3) is 10.1 Å². The van der Waals surface area contributed by atoms with Crippen molar-refractivity contribution in [3.05, 3.63) is 29.8 Å². The van der Waals surface area contributed by atoms with Crippen molar-refractivity contribution in [1.29, 1.82) is 0 Å². The Bertz CT molecular complexity index is 613. The molecule has 1 aliphatic rings. The van der Waals surface area contributed by atoms with Crippen molar-refractivity contribution in [1.82, 2.24) is 5.32 Å². The Morgan fingerprint density at radius 2 is 2.00 bits per heavy atom. The molecule has 7 nitrogen and oxygen atoms in total. The molecule has 0 radical (unpaired) electrons. The molecule has 8 heteroatoms. The summed E-state index contributed by atoms with van der Waals surface area (Å²) in [6.45, 7) is 2.28. The molecule has 1 aromatic rings. The molecule has 0 bridgehead atoms. The van der Waals surface area contributed by atoms with Gasteiger partial charge in [-0.3, -0.25) is 8.98 Å². The summed E-state index contributed by atoms with van der Waals surface area (Å²) < 4.78 is 34.1. The molecule has 2 rings (SSSR count). The average molecular weight is 329 g/mol. The van der Waals surface area contributed by atoms with E-state index >= 15 is 0 Å². The third-order valence-corrected chi connectivity index (χ3v) is 4.72. The summed E-state index contributed by atoms with van der Waals surface area (Å²) in [5.74, 6) is -0.976. The topological polar surface area (TPSA) is 102 Å². The fourth-order valence-corrected chi connectivity index (χ4v) is 3.11. The molecule has 1 fully saturated rings. The molecule has 1 aromatic carbocycles. The SMILES string of the molecule is Cc1ccc(S(=O)(=O)OCCO[C@H]2CCN[C@@H]2C(=O)O)cc1. The summed E-state index contributed by atoms with van der Waals surface area (Å²) >= 11 is 0. The highest BCUT2D eigenvalue weighted by atomic mass is 32.2. The lowest BCUT2D eigenvalue weighted by Crippen LogP contribution is -2.40. The van der Waals surface area contributed by atoms with E-state index in [-0.39, 0.29) is 18.1 Å². The summed E-state index contributed by atoms with van der Waals surface area (Å²) in [6.07, 6.45) is 0.102. The summed E-state index contributed by atoms with van der Waals surface area (Å²) in [5.41, 5.74) is 0.954. The number of nitrogens with one attached hydrogen (secondary N) is 1. The van der Waals surface area contributed by atoms with Gasteiger partial charge in [0.2, 0.25) is 0 Å². The molecule has 1 heterocycles. The van der Waals surface area contributed by atoms with Gasteiger partial charge in [-0.1, -0.05) is 17.7 Å². The van der Waals surface area contributed by atoms with Crippen LogP contribution in [-0.4, -0.2) is 51.4 Å². The van der Waals surface area contributed by atoms with E-state index in [1.165, 1.54) is 12.1 Å². The maximum atomic E-state index is 11.9. The Kier molecular flexibility index (Phi) is 5.52. The van der Waals surface area contributed by atoms with E-state index in [1.54, 1.807) is 12.1 Å². The number of aliphatic carboxylic acids is 1. The zero-order chi connectivity index (χ0) is 16.2. The number of hydrogen-bond donors (Lipinski definition) is 2. The van der Waals surface area contributed by atoms with Crippen LogP contribution in [0.1, 0.15) is 12.0 Å². The largest absolute Gasteiger partial charge is 0.480 e. The van der Waals surface area contributed by atoms with Gasteiger partial charge in [0.15, 0.2) is 0 Å². The van der Waals surface area contributed by atoms with Crippen LogP contribution in [0.25, 0.3) is 0 Å². The molecule has 1 aliphatic heterocycles. The molecule has 0 unspecified atom stereocenters. The lowest BCUT2D eigenvalue weighted by molar-refractivity contribution is -0.142. The minimum absolute atomic E-state index is 0.0151. The summed E-state index contributed by atoms with van der Waals surface area (Å²) in [5, 5.41) is 11.8. The summed E-state index contributed by atoms with van der Waals surface area (Å²) in [6, 6.07) is 5.58. The van der Waals surface area contributed by atoms with E-state index in [1.807, 2.05) is 6.92 Å². The van der Waals surface area contributed by atoms with Crippen LogP contribution in [0, 0.1) is 6.92 Å². The zero-order valence-electron chi connectivity index (χ0n) is 12.2. The van der Waals surface area contributed by atoms with Crippen LogP contribution in [-0.2, 0) is 23.8 Å². The number of carboxylic acid groups (broad SMARTS) is 1. The number of benzene rings is 1. The lowest BCUT2D eigenvalue weighted by atomic mass is 10.2. The lowest BCUT2D eigenvalue weighted by Gasteiger charge is -2.16. The molecule has 22 heavy (non-hydrogen) atoms. The average Bonchev–Trinajstić information content (AvgIpc) is 2.93. The van der Waals surface area contributed by atoms with E-state index in [9.17, 15) is 13.2 Å². The van der Waals surface area contributed by atoms with Gasteiger partial charge >= 0.3 is 5.97 Å². The highest BCUT2D eigenvalue weighted by Gasteiger charge is 2.33. The zero-order valence-corrected chi connectivity index (χ0v) is 13.0. The normalized spacial score (nSPS) is 21.9. The second-order valence-electron chi connectivity index (χ2n) is 5.06. The molecule has 0 amide bonds. The predicted molar refractivity (Wildman–Crippen MR) is 78.1 cm³/mol. The van der Waals surface area contributed by atoms with Gasteiger partial charge in [0.1, 0.15) is 6.04 Å². The van der Waals surface area contributed by atoms with Crippen molar-refractivity contribution >= 4 is 16.1 Å². The maximum absolute atomic E-state index is 11.9. The van der Waals surface area contributed by atoms with E-state index in [2.05, 4.69) is 5.32 Å². The molecule has 0 saturated carbocycles. The molecule has 2 N–H and O–H groups in total. The number of hydrogen-bond acceptors (Lipinski definition) is 6. The van der Waals surface area contributed by atoms with Crippen LogP contribution in [0.5, 0.6) is 0 Å². The van der Waals surface area contributed by atoms with Crippen LogP contribution in [0.3, 0.4) is 0 Å². The van der Waals surface area contributed by atoms with Crippen LogP contribution in [0.4, 0.5) is 0 Å². The van der Waals surface area contributed by atoms with Crippen molar-refractivity contribution in [2.75, 3.05) is 19.8 Å². The molecule has 0 spiro atoms. The summed E-state index contributed by atoms with van der Waals surface area (Å²) in [7, 11) is -3.81. The Morgan fingerprint density at radius 3 is 2.64 bits per heavy atom. The van der Waals surface area contributed by atoms with Crippen molar-refractivity contribution in [3.63, 3.8) is 0 Å². The molecular weight excluding hydrogens is 310 g/mol. The fourth-order valence-electron chi connectivity index (χ4n) is 2.22. The maximum Gasteiger partial charge on any atom is 0.323 e. The Labute approximate surface area is 129 Å². The molecule has 0 aromatic heterocycles. The minimum Gasteiger partial charge on any atom is -0.480 e. The van der Waals surface area contributed by atoms with Gasteiger partial charge in [-0.05, 0) is 32.0 Å². The van der Waals surface area contributed by atoms with Crippen molar-refractivity contribution in [2.45, 2.75) is 30.4 Å². The van der Waals surface area contributed by atoms with E-state index in [4.69, 9.17) is 14.0 Å². The third-order valence-electron chi connectivity index (χ3n) is 3.39. The van der Waals surface area contributed by atoms with Gasteiger partial charge in [-0.15, -0.1) is 0 Å². The highest BCUT2D eigenvalue weighted by Crippen LogP contribution is 2.14. The monoisotopic (exact) mass is 329 g/mol. The molecule has 1 saturated heterocycles. The second-order valence-corrected chi connectivity index (χ2v) is 6.67. The first-order valence-electron chi connectivity index (χ1n) is 6.94. The first kappa shape index (κ1) is 16.9. The first-order valence-corrected chi connectivity index (χ1v) is 8.35. The van der Waals surface area contributed by atoms with Gasteiger partial charge in [0, 0.05) is 0 Å². The van der Waals surface area contributed by atoms with Crippen molar-refractivity contribution < 1.29 is 27.2 Å². The first-order chi connectivity index (χ1) is 10.4. The van der Waals surface area contributed by atoms with Crippen LogP contribution in [0.2, 0.25) is 0 Å². The van der Waals surface area contributed by atoms with E-state index in [0.717, 1.165) is 5.56 Å². The van der Waals surface area contributed by atoms with Crippen LogP contribution < -0.4 is 5.32 Å². The number of carbonyl (C=O) groups is 1. The number of aryl methyl sites for hydroxylation is 1. The molecule has 2 atom stereocenters. The quantitative estimate of drug-likeness (QED) is 0.556. The second kappa shape index (κ2) is 7.19. The number of ether oxygens (including phenoxy) is 1. The molecule has 0 aliphatic carbocycles. The van der Waals surface area contributed by atoms with E-state index in [0.29, 0.717) is 13.0 Å². The van der Waals surface area contributed by atoms with Crippen LogP contribution in [0.15, 0.2) is 29.2 Å². The van der Waals surface area contributed by atoms with Gasteiger partial charge < -0.3 is 15.2 Å². The summed E-state index contributed by atoms with van der Waals surface area (Å²) in [4.78, 5) is 11.0. The van der Waals surface area contributed by atoms with Gasteiger partial charge in [-0.2, -0.15) is 8.42 Å². The predicted octanol–water partition coefficient (Wildman–Crippen LogP) is 0.532. The third kappa shape index (κ3) is 4.26. The van der Waals surface area contributed by atoms with E-state index < -0.39 is 28.2 Å². The van der Waals surface area contributed by atoms with Gasteiger partial charge in [-0.25, -0.2) is 0 Å². The van der Waals surface area contributed by atoms with Crippen molar-refractivity contribution in [2.24, 2.45) is 0 Å². The minimum atomic E-state index is -3.81. The Morgan fingerprint density at radius 1 is 1.32 bits per heavy atom. The standard InChI is InChI=1S/C14H19NO6S/c1-10-2-4-11(5-3-10)22(18,19)21-9-8-20-12-6-7-15-13(12)14(16)17/h2-5,12-13,15H,6-9H2,1H3,(H,16,17)/t12-,13-/m0/s1.